The number of aryl methyl sites for hydroxylation is 1. The highest BCUT2D eigenvalue weighted by molar-refractivity contribution is 8.18. The van der Waals surface area contributed by atoms with E-state index in [1.807, 2.05) is 13.0 Å². The van der Waals surface area contributed by atoms with Crippen LogP contribution in [0.25, 0.3) is 6.08 Å². The minimum atomic E-state index is -2.26. The van der Waals surface area contributed by atoms with Crippen molar-refractivity contribution in [2.24, 2.45) is 4.99 Å². The van der Waals surface area contributed by atoms with Gasteiger partial charge >= 0.3 is 0 Å². The van der Waals surface area contributed by atoms with E-state index in [1.165, 1.54) is 0 Å². The van der Waals surface area contributed by atoms with Gasteiger partial charge in [0.25, 0.3) is 5.91 Å². The standard InChI is InChI=1S/C17H9F5N2OS/c1-7-3-2-4-8(5-7)23-17-24-16(25)10(26-17)6-9-11(18)13(20)15(22)14(21)12(9)19/h2-6H,1H3,(H,23,24,25)/b10-6+. The van der Waals surface area contributed by atoms with E-state index in [0.29, 0.717) is 11.8 Å². The summed E-state index contributed by atoms with van der Waals surface area (Å²) >= 11 is 0.726. The number of hydrogen-bond donors (Lipinski definition) is 1. The number of carbonyl (C=O) groups is 1. The molecule has 0 radical (unpaired) electrons. The average molecular weight is 384 g/mol. The van der Waals surface area contributed by atoms with E-state index in [2.05, 4.69) is 10.3 Å². The Labute approximate surface area is 148 Å². The van der Waals surface area contributed by atoms with Crippen LogP contribution in [0.5, 0.6) is 0 Å². The fourth-order valence-corrected chi connectivity index (χ4v) is 3.00. The fraction of sp³-hybridized carbons (Fsp3) is 0.0588. The van der Waals surface area contributed by atoms with Crippen LogP contribution in [0.2, 0.25) is 0 Å². The van der Waals surface area contributed by atoms with Crippen molar-refractivity contribution in [2.75, 3.05) is 0 Å². The number of hydrogen-bond acceptors (Lipinski definition) is 3. The molecule has 3 nitrogen and oxygen atoms in total. The third kappa shape index (κ3) is 3.34. The van der Waals surface area contributed by atoms with Gasteiger partial charge in [-0.05, 0) is 42.5 Å². The van der Waals surface area contributed by atoms with Crippen LogP contribution in [0.1, 0.15) is 11.1 Å². The SMILES string of the molecule is Cc1cccc(N=C2NC(=O)/C(=C\c3c(F)c(F)c(F)c(F)c3F)S2)c1. The fourth-order valence-electron chi connectivity index (χ4n) is 2.17. The summed E-state index contributed by atoms with van der Waals surface area (Å²) in [5.74, 6) is -11.2. The Hall–Kier alpha value is -2.68. The zero-order valence-corrected chi connectivity index (χ0v) is 13.9. The minimum absolute atomic E-state index is 0.121. The highest BCUT2D eigenvalue weighted by atomic mass is 32.2. The van der Waals surface area contributed by atoms with Crippen LogP contribution in [0, 0.1) is 36.0 Å². The second-order valence-corrected chi connectivity index (χ2v) is 6.33. The highest BCUT2D eigenvalue weighted by Gasteiger charge is 2.28. The van der Waals surface area contributed by atoms with Crippen molar-refractivity contribution in [3.8, 4) is 0 Å². The maximum absolute atomic E-state index is 13.7. The van der Waals surface area contributed by atoms with Crippen LogP contribution >= 0.6 is 11.8 Å². The zero-order valence-electron chi connectivity index (χ0n) is 13.0. The van der Waals surface area contributed by atoms with Gasteiger partial charge in [0.2, 0.25) is 5.82 Å². The van der Waals surface area contributed by atoms with Gasteiger partial charge in [0.05, 0.1) is 16.2 Å². The van der Waals surface area contributed by atoms with Crippen molar-refractivity contribution in [2.45, 2.75) is 6.92 Å². The van der Waals surface area contributed by atoms with Gasteiger partial charge in [-0.15, -0.1) is 0 Å². The number of nitrogens with zero attached hydrogens (tertiary/aromatic N) is 1. The predicted molar refractivity (Wildman–Crippen MR) is 88.2 cm³/mol. The summed E-state index contributed by atoms with van der Waals surface area (Å²) in [5.41, 5.74) is 0.277. The van der Waals surface area contributed by atoms with Gasteiger partial charge in [-0.2, -0.15) is 0 Å². The third-order valence-electron chi connectivity index (χ3n) is 3.40. The number of benzene rings is 2. The Kier molecular flexibility index (Phi) is 4.82. The topological polar surface area (TPSA) is 41.5 Å². The summed E-state index contributed by atoms with van der Waals surface area (Å²) in [7, 11) is 0. The molecule has 2 aromatic carbocycles. The van der Waals surface area contributed by atoms with E-state index in [0.717, 1.165) is 17.3 Å². The van der Waals surface area contributed by atoms with E-state index < -0.39 is 40.6 Å². The molecule has 1 saturated heterocycles. The Morgan fingerprint density at radius 3 is 2.23 bits per heavy atom. The number of nitrogens with one attached hydrogen (secondary N) is 1. The van der Waals surface area contributed by atoms with Gasteiger partial charge < -0.3 is 5.32 Å². The Balaban J connectivity index is 1.98. The Bertz CT molecular complexity index is 958. The molecule has 2 aromatic rings. The maximum Gasteiger partial charge on any atom is 0.264 e. The van der Waals surface area contributed by atoms with Crippen molar-refractivity contribution in [3.05, 3.63) is 69.4 Å². The van der Waals surface area contributed by atoms with Crippen molar-refractivity contribution < 1.29 is 26.7 Å². The molecular weight excluding hydrogens is 375 g/mol. The van der Waals surface area contributed by atoms with Crippen LogP contribution in [-0.4, -0.2) is 11.1 Å². The first-order valence-electron chi connectivity index (χ1n) is 7.15. The van der Waals surface area contributed by atoms with E-state index in [9.17, 15) is 26.7 Å². The molecule has 0 bridgehead atoms. The Morgan fingerprint density at radius 1 is 1.00 bits per heavy atom. The van der Waals surface area contributed by atoms with Crippen molar-refractivity contribution in [1.29, 1.82) is 0 Å². The van der Waals surface area contributed by atoms with Crippen LogP contribution in [-0.2, 0) is 4.79 Å². The zero-order chi connectivity index (χ0) is 19.0. The molecule has 0 atom stereocenters. The summed E-state index contributed by atoms with van der Waals surface area (Å²) in [6.45, 7) is 1.85. The molecule has 1 aliphatic heterocycles. The molecule has 0 unspecified atom stereocenters. The molecule has 1 N–H and O–H groups in total. The number of carbonyl (C=O) groups excluding carboxylic acids is 1. The van der Waals surface area contributed by atoms with Crippen molar-refractivity contribution in [1.82, 2.24) is 5.32 Å². The molecule has 3 rings (SSSR count). The van der Waals surface area contributed by atoms with E-state index >= 15 is 0 Å². The third-order valence-corrected chi connectivity index (χ3v) is 4.31. The van der Waals surface area contributed by atoms with E-state index in [-0.39, 0.29) is 10.1 Å². The molecule has 9 heteroatoms. The summed E-state index contributed by atoms with van der Waals surface area (Å²) in [5, 5.41) is 2.49. The van der Waals surface area contributed by atoms with Crippen LogP contribution < -0.4 is 5.32 Å². The predicted octanol–water partition coefficient (Wildman–Crippen LogP) is 4.58. The number of thioether (sulfide) groups is 1. The number of halogens is 5. The number of amidine groups is 1. The first kappa shape index (κ1) is 18.1. The smallest absolute Gasteiger partial charge is 0.264 e. The van der Waals surface area contributed by atoms with Gasteiger partial charge in [-0.3, -0.25) is 4.79 Å². The monoisotopic (exact) mass is 384 g/mol. The summed E-state index contributed by atoms with van der Waals surface area (Å²) < 4.78 is 67.1. The lowest BCUT2D eigenvalue weighted by Gasteiger charge is -2.04. The van der Waals surface area contributed by atoms with Crippen molar-refractivity contribution >= 4 is 34.6 Å². The first-order valence-corrected chi connectivity index (χ1v) is 7.97. The van der Waals surface area contributed by atoms with E-state index in [1.54, 1.807) is 18.2 Å². The van der Waals surface area contributed by atoms with Crippen LogP contribution in [0.15, 0.2) is 34.2 Å². The second-order valence-electron chi connectivity index (χ2n) is 5.30. The summed E-state index contributed by atoms with van der Waals surface area (Å²) in [6.07, 6.45) is 0.606. The molecule has 0 saturated carbocycles. The highest BCUT2D eigenvalue weighted by Crippen LogP contribution is 2.31. The van der Waals surface area contributed by atoms with Gasteiger partial charge in [0.1, 0.15) is 0 Å². The molecule has 0 aliphatic carbocycles. The van der Waals surface area contributed by atoms with Gasteiger partial charge in [0, 0.05) is 0 Å². The van der Waals surface area contributed by atoms with E-state index in [4.69, 9.17) is 0 Å². The lowest BCUT2D eigenvalue weighted by molar-refractivity contribution is -0.115. The maximum atomic E-state index is 13.7. The molecule has 0 spiro atoms. The van der Waals surface area contributed by atoms with Gasteiger partial charge in [-0.1, -0.05) is 12.1 Å². The number of aliphatic imine (C=N–C) groups is 1. The number of rotatable bonds is 2. The molecule has 26 heavy (non-hydrogen) atoms. The van der Waals surface area contributed by atoms with Crippen LogP contribution in [0.3, 0.4) is 0 Å². The molecule has 0 aromatic heterocycles. The Morgan fingerprint density at radius 2 is 1.62 bits per heavy atom. The van der Waals surface area contributed by atoms with Gasteiger partial charge in [-0.25, -0.2) is 26.9 Å². The quantitative estimate of drug-likeness (QED) is 0.356. The molecule has 1 aliphatic rings. The molecular formula is C17H9F5N2OS. The lowest BCUT2D eigenvalue weighted by atomic mass is 10.1. The lowest BCUT2D eigenvalue weighted by Crippen LogP contribution is -2.19. The largest absolute Gasteiger partial charge is 0.300 e. The van der Waals surface area contributed by atoms with Crippen LogP contribution in [0.4, 0.5) is 27.6 Å². The number of amides is 1. The second kappa shape index (κ2) is 6.91. The first-order chi connectivity index (χ1) is 12.3. The summed E-state index contributed by atoms with van der Waals surface area (Å²) in [6, 6.07) is 7.02. The van der Waals surface area contributed by atoms with Crippen molar-refractivity contribution in [3.63, 3.8) is 0 Å². The molecule has 1 fully saturated rings. The molecule has 1 amide bonds. The molecule has 134 valence electrons. The summed E-state index contributed by atoms with van der Waals surface area (Å²) in [4.78, 5) is 15.8. The van der Waals surface area contributed by atoms with Gasteiger partial charge in [0.15, 0.2) is 28.4 Å². The normalized spacial score (nSPS) is 17.2. The minimum Gasteiger partial charge on any atom is -0.300 e. The molecule has 1 heterocycles. The average Bonchev–Trinajstić information content (AvgIpc) is 2.94.